The van der Waals surface area contributed by atoms with Crippen molar-refractivity contribution in [3.8, 4) is 5.75 Å². The first-order valence-electron chi connectivity index (χ1n) is 6.61. The second-order valence-electron chi connectivity index (χ2n) is 5.99. The monoisotopic (exact) mass is 266 g/mol. The molecular formula is C15H26N2O2. The Morgan fingerprint density at radius 2 is 2.00 bits per heavy atom. The molecule has 1 unspecified atom stereocenters. The van der Waals surface area contributed by atoms with Gasteiger partial charge in [-0.2, -0.15) is 0 Å². The van der Waals surface area contributed by atoms with Gasteiger partial charge in [0.15, 0.2) is 0 Å². The molecule has 1 atom stereocenters. The smallest absolute Gasteiger partial charge is 0.121 e. The van der Waals surface area contributed by atoms with Gasteiger partial charge in [-0.15, -0.1) is 0 Å². The molecule has 0 aliphatic rings. The number of benzene rings is 1. The lowest BCUT2D eigenvalue weighted by molar-refractivity contribution is 0.100. The zero-order valence-electron chi connectivity index (χ0n) is 12.6. The van der Waals surface area contributed by atoms with Crippen LogP contribution >= 0.6 is 0 Å². The Hall–Kier alpha value is -1.26. The van der Waals surface area contributed by atoms with E-state index in [1.165, 1.54) is 0 Å². The van der Waals surface area contributed by atoms with Crippen molar-refractivity contribution in [3.05, 3.63) is 24.3 Å². The molecule has 108 valence electrons. The van der Waals surface area contributed by atoms with Crippen molar-refractivity contribution in [2.45, 2.75) is 32.4 Å². The summed E-state index contributed by atoms with van der Waals surface area (Å²) in [4.78, 5) is 2.02. The average Bonchev–Trinajstić information content (AvgIpc) is 2.33. The van der Waals surface area contributed by atoms with Crippen LogP contribution in [0.1, 0.15) is 20.8 Å². The van der Waals surface area contributed by atoms with Crippen LogP contribution in [0.3, 0.4) is 0 Å². The summed E-state index contributed by atoms with van der Waals surface area (Å²) in [7, 11) is 3.97. The Kier molecular flexibility index (Phi) is 5.63. The molecule has 0 amide bonds. The zero-order valence-corrected chi connectivity index (χ0v) is 12.6. The van der Waals surface area contributed by atoms with Crippen molar-refractivity contribution in [1.29, 1.82) is 0 Å². The number of hydrogen-bond acceptors (Lipinski definition) is 4. The van der Waals surface area contributed by atoms with Crippen LogP contribution in [0.15, 0.2) is 24.3 Å². The molecule has 1 aromatic carbocycles. The Bertz CT molecular complexity index is 386. The summed E-state index contributed by atoms with van der Waals surface area (Å²) in [5, 5.41) is 13.1. The minimum absolute atomic E-state index is 0.00577. The maximum absolute atomic E-state index is 9.85. The summed E-state index contributed by atoms with van der Waals surface area (Å²) in [6, 6.07) is 7.83. The van der Waals surface area contributed by atoms with E-state index in [9.17, 15) is 5.11 Å². The second kappa shape index (κ2) is 6.78. The predicted octanol–water partition coefficient (Wildman–Crippen LogP) is 1.88. The molecule has 1 aromatic rings. The lowest BCUT2D eigenvalue weighted by atomic mass is 10.1. The third-order valence-corrected chi connectivity index (χ3v) is 2.64. The van der Waals surface area contributed by atoms with E-state index < -0.39 is 6.10 Å². The fourth-order valence-electron chi connectivity index (χ4n) is 1.53. The molecule has 0 aliphatic carbocycles. The van der Waals surface area contributed by atoms with Crippen molar-refractivity contribution in [1.82, 2.24) is 5.32 Å². The second-order valence-corrected chi connectivity index (χ2v) is 5.99. The van der Waals surface area contributed by atoms with Crippen LogP contribution in [0, 0.1) is 0 Å². The highest BCUT2D eigenvalue weighted by Gasteiger charge is 2.12. The van der Waals surface area contributed by atoms with E-state index in [0.29, 0.717) is 13.2 Å². The van der Waals surface area contributed by atoms with Crippen LogP contribution in [0.25, 0.3) is 0 Å². The fraction of sp³-hybridized carbons (Fsp3) is 0.600. The van der Waals surface area contributed by atoms with Gasteiger partial charge in [0.05, 0.1) is 0 Å². The molecule has 0 saturated heterocycles. The van der Waals surface area contributed by atoms with Crippen molar-refractivity contribution in [2.75, 3.05) is 32.1 Å². The van der Waals surface area contributed by atoms with Crippen LogP contribution in [0.4, 0.5) is 5.69 Å². The standard InChI is InChI=1S/C15H26N2O2/c1-15(2,3)16-10-13(18)11-19-14-8-6-7-12(9-14)17(4)5/h6-9,13,16,18H,10-11H2,1-5H3. The summed E-state index contributed by atoms with van der Waals surface area (Å²) in [6.07, 6.45) is -0.512. The van der Waals surface area contributed by atoms with E-state index in [4.69, 9.17) is 4.74 Å². The molecule has 2 N–H and O–H groups in total. The van der Waals surface area contributed by atoms with Crippen LogP contribution in [-0.2, 0) is 0 Å². The summed E-state index contributed by atoms with van der Waals surface area (Å²) in [6.45, 7) is 7.03. The molecule has 0 aromatic heterocycles. The molecule has 0 bridgehead atoms. The summed E-state index contributed by atoms with van der Waals surface area (Å²) >= 11 is 0. The van der Waals surface area contributed by atoms with Gasteiger partial charge in [-0.25, -0.2) is 0 Å². The average molecular weight is 266 g/mol. The topological polar surface area (TPSA) is 44.7 Å². The summed E-state index contributed by atoms with van der Waals surface area (Å²) < 4.78 is 5.61. The maximum atomic E-state index is 9.85. The number of aliphatic hydroxyl groups is 1. The Labute approximate surface area is 116 Å². The van der Waals surface area contributed by atoms with Crippen molar-refractivity contribution < 1.29 is 9.84 Å². The molecule has 19 heavy (non-hydrogen) atoms. The van der Waals surface area contributed by atoms with E-state index >= 15 is 0 Å². The lowest BCUT2D eigenvalue weighted by Gasteiger charge is -2.23. The van der Waals surface area contributed by atoms with Gasteiger partial charge in [0.2, 0.25) is 0 Å². The van der Waals surface area contributed by atoms with Gasteiger partial charge in [-0.05, 0) is 32.9 Å². The largest absolute Gasteiger partial charge is 0.491 e. The third-order valence-electron chi connectivity index (χ3n) is 2.64. The molecule has 4 heteroatoms. The first-order chi connectivity index (χ1) is 8.78. The number of anilines is 1. The van der Waals surface area contributed by atoms with E-state index in [2.05, 4.69) is 26.1 Å². The summed E-state index contributed by atoms with van der Waals surface area (Å²) in [5.74, 6) is 0.779. The van der Waals surface area contributed by atoms with E-state index in [0.717, 1.165) is 11.4 Å². The van der Waals surface area contributed by atoms with Gasteiger partial charge in [-0.1, -0.05) is 6.07 Å². The SMILES string of the molecule is CN(C)c1cccc(OCC(O)CNC(C)(C)C)c1. The first kappa shape index (κ1) is 15.8. The number of ether oxygens (including phenoxy) is 1. The number of nitrogens with zero attached hydrogens (tertiary/aromatic N) is 1. The van der Waals surface area contributed by atoms with E-state index in [-0.39, 0.29) is 5.54 Å². The minimum Gasteiger partial charge on any atom is -0.491 e. The highest BCUT2D eigenvalue weighted by molar-refractivity contribution is 5.49. The normalized spacial score (nSPS) is 13.2. The van der Waals surface area contributed by atoms with Crippen molar-refractivity contribution in [2.24, 2.45) is 0 Å². The lowest BCUT2D eigenvalue weighted by Crippen LogP contribution is -2.42. The number of hydrogen-bond donors (Lipinski definition) is 2. The number of nitrogens with one attached hydrogen (secondary N) is 1. The highest BCUT2D eigenvalue weighted by Crippen LogP contribution is 2.19. The van der Waals surface area contributed by atoms with Crippen molar-refractivity contribution in [3.63, 3.8) is 0 Å². The molecule has 0 radical (unpaired) electrons. The van der Waals surface area contributed by atoms with Gasteiger partial charge in [0.25, 0.3) is 0 Å². The maximum Gasteiger partial charge on any atom is 0.121 e. The van der Waals surface area contributed by atoms with Gasteiger partial charge in [0.1, 0.15) is 18.5 Å². The Balaban J connectivity index is 2.41. The molecule has 0 saturated carbocycles. The van der Waals surface area contributed by atoms with Crippen LogP contribution in [0.5, 0.6) is 5.75 Å². The first-order valence-corrected chi connectivity index (χ1v) is 6.61. The van der Waals surface area contributed by atoms with E-state index in [1.807, 2.05) is 43.3 Å². The van der Waals surface area contributed by atoms with Gasteiger partial charge in [0, 0.05) is 37.9 Å². The molecular weight excluding hydrogens is 240 g/mol. The number of β-amino-alcohol motifs (C(OH)–C–C–N with tert-alkyl or cyclic N) is 1. The summed E-state index contributed by atoms with van der Waals surface area (Å²) in [5.41, 5.74) is 1.09. The van der Waals surface area contributed by atoms with Gasteiger partial charge < -0.3 is 20.1 Å². The zero-order chi connectivity index (χ0) is 14.5. The molecule has 0 fully saturated rings. The number of aliphatic hydroxyl groups excluding tert-OH is 1. The van der Waals surface area contributed by atoms with Gasteiger partial charge in [-0.3, -0.25) is 0 Å². The van der Waals surface area contributed by atoms with Crippen LogP contribution in [-0.4, -0.2) is 44.0 Å². The highest BCUT2D eigenvalue weighted by atomic mass is 16.5. The van der Waals surface area contributed by atoms with Crippen LogP contribution < -0.4 is 15.0 Å². The molecule has 0 aliphatic heterocycles. The van der Waals surface area contributed by atoms with Gasteiger partial charge >= 0.3 is 0 Å². The minimum atomic E-state index is -0.512. The van der Waals surface area contributed by atoms with Crippen LogP contribution in [0.2, 0.25) is 0 Å². The van der Waals surface area contributed by atoms with Crippen molar-refractivity contribution >= 4 is 5.69 Å². The number of rotatable bonds is 6. The Morgan fingerprint density at radius 3 is 2.58 bits per heavy atom. The molecule has 0 spiro atoms. The fourth-order valence-corrected chi connectivity index (χ4v) is 1.53. The Morgan fingerprint density at radius 1 is 1.32 bits per heavy atom. The molecule has 4 nitrogen and oxygen atoms in total. The molecule has 0 heterocycles. The molecule has 1 rings (SSSR count). The quantitative estimate of drug-likeness (QED) is 0.825. The van der Waals surface area contributed by atoms with E-state index in [1.54, 1.807) is 0 Å². The predicted molar refractivity (Wildman–Crippen MR) is 80.0 cm³/mol. The third kappa shape index (κ3) is 6.45.